The Morgan fingerprint density at radius 1 is 1.16 bits per heavy atom. The lowest BCUT2D eigenvalue weighted by Gasteiger charge is -2.16. The van der Waals surface area contributed by atoms with Crippen LogP contribution in [0.2, 0.25) is 0 Å². The van der Waals surface area contributed by atoms with E-state index in [9.17, 15) is 9.90 Å². The molecule has 2 aromatic carbocycles. The number of nitrogens with zero attached hydrogens (tertiary/aromatic N) is 3. The van der Waals surface area contributed by atoms with E-state index < -0.39 is 0 Å². The lowest BCUT2D eigenvalue weighted by atomic mass is 10.1. The van der Waals surface area contributed by atoms with Gasteiger partial charge in [-0.05, 0) is 24.1 Å². The summed E-state index contributed by atoms with van der Waals surface area (Å²) in [5.74, 6) is 0.405. The number of aryl methyl sites for hydroxylation is 1. The van der Waals surface area contributed by atoms with E-state index in [0.29, 0.717) is 17.8 Å². The van der Waals surface area contributed by atoms with E-state index in [1.165, 1.54) is 0 Å². The van der Waals surface area contributed by atoms with Gasteiger partial charge in [0.15, 0.2) is 5.82 Å². The summed E-state index contributed by atoms with van der Waals surface area (Å²) in [6.07, 6.45) is 2.21. The Balaban J connectivity index is 1.65. The molecule has 1 unspecified atom stereocenters. The van der Waals surface area contributed by atoms with Crippen LogP contribution < -0.4 is 5.32 Å². The van der Waals surface area contributed by atoms with Crippen molar-refractivity contribution in [2.24, 2.45) is 7.05 Å². The summed E-state index contributed by atoms with van der Waals surface area (Å²) < 4.78 is 1.63. The van der Waals surface area contributed by atoms with Crippen LogP contribution in [0, 0.1) is 0 Å². The summed E-state index contributed by atoms with van der Waals surface area (Å²) in [5, 5.41) is 16.7. The molecule has 3 rings (SSSR count). The molecular formula is C19H20N4O2. The number of hydrogen-bond donors (Lipinski definition) is 2. The van der Waals surface area contributed by atoms with Gasteiger partial charge in [-0.2, -0.15) is 5.10 Å². The quantitative estimate of drug-likeness (QED) is 0.719. The van der Waals surface area contributed by atoms with Gasteiger partial charge in [0.25, 0.3) is 5.91 Å². The van der Waals surface area contributed by atoms with E-state index in [4.69, 9.17) is 0 Å². The monoisotopic (exact) mass is 336 g/mol. The van der Waals surface area contributed by atoms with Crippen molar-refractivity contribution in [2.45, 2.75) is 12.5 Å². The number of hydrogen-bond acceptors (Lipinski definition) is 4. The maximum absolute atomic E-state index is 12.4. The molecule has 6 nitrogen and oxygen atoms in total. The van der Waals surface area contributed by atoms with Gasteiger partial charge in [0.05, 0.1) is 12.6 Å². The average Bonchev–Trinajstić information content (AvgIpc) is 3.08. The molecule has 128 valence electrons. The first kappa shape index (κ1) is 16.9. The SMILES string of the molecule is Cn1cnc(-c2ccc(C(=O)NC(CO)Cc3ccccc3)cc2)n1. The number of rotatable bonds is 6. The highest BCUT2D eigenvalue weighted by Gasteiger charge is 2.14. The molecule has 0 bridgehead atoms. The second kappa shape index (κ2) is 7.72. The molecule has 0 radical (unpaired) electrons. The van der Waals surface area contributed by atoms with E-state index in [0.717, 1.165) is 11.1 Å². The lowest BCUT2D eigenvalue weighted by Crippen LogP contribution is -2.39. The van der Waals surface area contributed by atoms with E-state index >= 15 is 0 Å². The summed E-state index contributed by atoms with van der Waals surface area (Å²) in [6.45, 7) is -0.115. The molecule has 0 spiro atoms. The first-order chi connectivity index (χ1) is 12.2. The molecule has 0 aliphatic heterocycles. The fourth-order valence-corrected chi connectivity index (χ4v) is 2.57. The topological polar surface area (TPSA) is 80.0 Å². The molecule has 1 atom stereocenters. The third kappa shape index (κ3) is 4.30. The van der Waals surface area contributed by atoms with Crippen LogP contribution in [0.25, 0.3) is 11.4 Å². The van der Waals surface area contributed by atoms with Crippen molar-refractivity contribution in [3.8, 4) is 11.4 Å². The number of aliphatic hydroxyl groups is 1. The zero-order valence-electron chi connectivity index (χ0n) is 14.0. The van der Waals surface area contributed by atoms with Gasteiger partial charge in [0.2, 0.25) is 0 Å². The zero-order chi connectivity index (χ0) is 17.6. The van der Waals surface area contributed by atoms with Crippen LogP contribution in [0.4, 0.5) is 0 Å². The van der Waals surface area contributed by atoms with E-state index in [2.05, 4.69) is 15.4 Å². The molecule has 0 fully saturated rings. The number of carbonyl (C=O) groups is 1. The van der Waals surface area contributed by atoms with Crippen LogP contribution >= 0.6 is 0 Å². The standard InChI is InChI=1S/C19H20N4O2/c1-23-13-20-18(22-23)15-7-9-16(10-8-15)19(25)21-17(12-24)11-14-5-3-2-4-6-14/h2-10,13,17,24H,11-12H2,1H3,(H,21,25). The van der Waals surface area contributed by atoms with Crippen molar-refractivity contribution in [2.75, 3.05) is 6.61 Å². The Labute approximate surface area is 146 Å². The van der Waals surface area contributed by atoms with E-state index in [1.54, 1.807) is 30.2 Å². The average molecular weight is 336 g/mol. The normalized spacial score (nSPS) is 11.9. The number of aromatic nitrogens is 3. The molecule has 2 N–H and O–H groups in total. The van der Waals surface area contributed by atoms with Gasteiger partial charge in [0.1, 0.15) is 6.33 Å². The van der Waals surface area contributed by atoms with Crippen molar-refractivity contribution in [3.05, 3.63) is 72.1 Å². The summed E-state index contributed by atoms with van der Waals surface area (Å²) in [4.78, 5) is 16.6. The summed E-state index contributed by atoms with van der Waals surface area (Å²) >= 11 is 0. The van der Waals surface area contributed by atoms with Gasteiger partial charge < -0.3 is 10.4 Å². The molecule has 0 aliphatic rings. The fourth-order valence-electron chi connectivity index (χ4n) is 2.57. The minimum absolute atomic E-state index is 0.115. The van der Waals surface area contributed by atoms with Crippen molar-refractivity contribution in [3.63, 3.8) is 0 Å². The van der Waals surface area contributed by atoms with Crippen LogP contribution in [-0.4, -0.2) is 38.4 Å². The minimum atomic E-state index is -0.327. The molecule has 1 aromatic heterocycles. The van der Waals surface area contributed by atoms with Gasteiger partial charge in [0, 0.05) is 18.2 Å². The highest BCUT2D eigenvalue weighted by molar-refractivity contribution is 5.94. The predicted molar refractivity (Wildman–Crippen MR) is 94.9 cm³/mol. The molecule has 6 heteroatoms. The Kier molecular flexibility index (Phi) is 5.20. The first-order valence-corrected chi connectivity index (χ1v) is 8.07. The van der Waals surface area contributed by atoms with Crippen LogP contribution in [0.1, 0.15) is 15.9 Å². The van der Waals surface area contributed by atoms with Crippen molar-refractivity contribution in [1.82, 2.24) is 20.1 Å². The predicted octanol–water partition coefficient (Wildman–Crippen LogP) is 1.82. The molecular weight excluding hydrogens is 316 g/mol. The second-order valence-corrected chi connectivity index (χ2v) is 5.86. The molecule has 0 aliphatic carbocycles. The maximum Gasteiger partial charge on any atom is 0.251 e. The largest absolute Gasteiger partial charge is 0.394 e. The van der Waals surface area contributed by atoms with Crippen LogP contribution in [0.5, 0.6) is 0 Å². The van der Waals surface area contributed by atoms with E-state index in [-0.39, 0.29) is 18.6 Å². The van der Waals surface area contributed by atoms with Crippen molar-refractivity contribution < 1.29 is 9.90 Å². The van der Waals surface area contributed by atoms with Gasteiger partial charge in [-0.15, -0.1) is 0 Å². The van der Waals surface area contributed by atoms with E-state index in [1.807, 2.05) is 42.5 Å². The fraction of sp³-hybridized carbons (Fsp3) is 0.211. The lowest BCUT2D eigenvalue weighted by molar-refractivity contribution is 0.0916. The Morgan fingerprint density at radius 2 is 1.88 bits per heavy atom. The Bertz CT molecular complexity index is 828. The summed E-state index contributed by atoms with van der Waals surface area (Å²) in [7, 11) is 1.81. The van der Waals surface area contributed by atoms with Crippen LogP contribution in [0.15, 0.2) is 60.9 Å². The third-order valence-electron chi connectivity index (χ3n) is 3.89. The molecule has 0 saturated heterocycles. The van der Waals surface area contributed by atoms with Crippen molar-refractivity contribution in [1.29, 1.82) is 0 Å². The smallest absolute Gasteiger partial charge is 0.251 e. The number of nitrogens with one attached hydrogen (secondary N) is 1. The number of benzene rings is 2. The minimum Gasteiger partial charge on any atom is -0.394 e. The van der Waals surface area contributed by atoms with Gasteiger partial charge in [-0.3, -0.25) is 9.48 Å². The van der Waals surface area contributed by atoms with Crippen LogP contribution in [-0.2, 0) is 13.5 Å². The second-order valence-electron chi connectivity index (χ2n) is 5.86. The molecule has 1 amide bonds. The molecule has 0 saturated carbocycles. The highest BCUT2D eigenvalue weighted by Crippen LogP contribution is 2.15. The zero-order valence-corrected chi connectivity index (χ0v) is 14.0. The highest BCUT2D eigenvalue weighted by atomic mass is 16.3. The van der Waals surface area contributed by atoms with Crippen molar-refractivity contribution >= 4 is 5.91 Å². The first-order valence-electron chi connectivity index (χ1n) is 8.07. The van der Waals surface area contributed by atoms with Gasteiger partial charge >= 0.3 is 0 Å². The molecule has 1 heterocycles. The van der Waals surface area contributed by atoms with Gasteiger partial charge in [-0.25, -0.2) is 4.98 Å². The summed E-state index contributed by atoms with van der Waals surface area (Å²) in [6, 6.07) is 16.5. The molecule has 3 aromatic rings. The summed E-state index contributed by atoms with van der Waals surface area (Å²) in [5.41, 5.74) is 2.45. The van der Waals surface area contributed by atoms with Gasteiger partial charge in [-0.1, -0.05) is 42.5 Å². The van der Waals surface area contributed by atoms with Crippen LogP contribution in [0.3, 0.4) is 0 Å². The third-order valence-corrected chi connectivity index (χ3v) is 3.89. The number of aliphatic hydroxyl groups excluding tert-OH is 1. The Morgan fingerprint density at radius 3 is 2.48 bits per heavy atom. The Hall–Kier alpha value is -2.99. The molecule has 25 heavy (non-hydrogen) atoms. The number of amides is 1. The number of carbonyl (C=O) groups excluding carboxylic acids is 1. The maximum atomic E-state index is 12.4.